The lowest BCUT2D eigenvalue weighted by atomic mass is 9.88. The highest BCUT2D eigenvalue weighted by Gasteiger charge is 2.30. The Bertz CT molecular complexity index is 573. The molecule has 2 amide bonds. The highest BCUT2D eigenvalue weighted by atomic mass is 32.1. The van der Waals surface area contributed by atoms with Gasteiger partial charge in [-0.2, -0.15) is 11.3 Å². The summed E-state index contributed by atoms with van der Waals surface area (Å²) in [6, 6.07) is 2.04. The largest absolute Gasteiger partial charge is 0.349 e. The van der Waals surface area contributed by atoms with E-state index in [1.807, 2.05) is 16.8 Å². The van der Waals surface area contributed by atoms with E-state index in [0.717, 1.165) is 56.7 Å². The van der Waals surface area contributed by atoms with Crippen molar-refractivity contribution >= 4 is 23.2 Å². The molecule has 0 unspecified atom stereocenters. The van der Waals surface area contributed by atoms with Crippen molar-refractivity contribution in [3.8, 4) is 0 Å². The molecular formula is C21H32N2O2S. The molecule has 3 rings (SSSR count). The van der Waals surface area contributed by atoms with Crippen LogP contribution in [0.15, 0.2) is 16.8 Å². The third-order valence-electron chi connectivity index (χ3n) is 6.00. The van der Waals surface area contributed by atoms with Crippen molar-refractivity contribution in [3.05, 3.63) is 22.4 Å². The summed E-state index contributed by atoms with van der Waals surface area (Å²) in [7, 11) is 0. The van der Waals surface area contributed by atoms with Gasteiger partial charge in [0.2, 0.25) is 5.91 Å². The molecule has 0 bridgehead atoms. The summed E-state index contributed by atoms with van der Waals surface area (Å²) in [5.74, 6) is 1.35. The van der Waals surface area contributed by atoms with Gasteiger partial charge in [-0.3, -0.25) is 9.59 Å². The van der Waals surface area contributed by atoms with Gasteiger partial charge in [0.1, 0.15) is 0 Å². The van der Waals surface area contributed by atoms with E-state index >= 15 is 0 Å². The number of hydrogen-bond donors (Lipinski definition) is 1. The van der Waals surface area contributed by atoms with Crippen LogP contribution in [0.4, 0.5) is 0 Å². The smallest absolute Gasteiger partial charge is 0.252 e. The summed E-state index contributed by atoms with van der Waals surface area (Å²) < 4.78 is 0. The average molecular weight is 377 g/mol. The minimum Gasteiger partial charge on any atom is -0.349 e. The molecule has 0 aromatic carbocycles. The summed E-state index contributed by atoms with van der Waals surface area (Å²) >= 11 is 1.54. The van der Waals surface area contributed by atoms with Crippen LogP contribution < -0.4 is 5.32 Å². The van der Waals surface area contributed by atoms with E-state index in [1.54, 1.807) is 11.3 Å². The molecule has 2 fully saturated rings. The van der Waals surface area contributed by atoms with E-state index < -0.39 is 0 Å². The molecule has 2 heterocycles. The van der Waals surface area contributed by atoms with E-state index in [0.29, 0.717) is 5.91 Å². The number of rotatable bonds is 7. The van der Waals surface area contributed by atoms with E-state index in [2.05, 4.69) is 17.1 Å². The van der Waals surface area contributed by atoms with Gasteiger partial charge in [-0.15, -0.1) is 0 Å². The first-order chi connectivity index (χ1) is 12.7. The number of amides is 2. The Morgan fingerprint density at radius 2 is 1.96 bits per heavy atom. The van der Waals surface area contributed by atoms with E-state index in [9.17, 15) is 9.59 Å². The van der Waals surface area contributed by atoms with Crippen molar-refractivity contribution < 1.29 is 9.59 Å². The number of nitrogens with zero attached hydrogens (tertiary/aromatic N) is 1. The number of carbonyl (C=O) groups is 2. The van der Waals surface area contributed by atoms with Gasteiger partial charge in [-0.25, -0.2) is 0 Å². The first-order valence-electron chi connectivity index (χ1n) is 10.3. The van der Waals surface area contributed by atoms with Crippen LogP contribution in [0.2, 0.25) is 0 Å². The van der Waals surface area contributed by atoms with E-state index in [4.69, 9.17) is 0 Å². The van der Waals surface area contributed by atoms with Crippen molar-refractivity contribution in [2.24, 2.45) is 11.8 Å². The molecule has 1 N–H and O–H groups in total. The first-order valence-corrected chi connectivity index (χ1v) is 11.2. The predicted molar refractivity (Wildman–Crippen MR) is 106 cm³/mol. The molecule has 1 atom stereocenters. The molecule has 0 radical (unpaired) electrons. The Hall–Kier alpha value is -1.36. The number of nitrogens with one attached hydrogen (secondary N) is 1. The fourth-order valence-corrected chi connectivity index (χ4v) is 5.14. The maximum atomic E-state index is 13.0. The van der Waals surface area contributed by atoms with Crippen LogP contribution >= 0.6 is 11.3 Å². The highest BCUT2D eigenvalue weighted by Crippen LogP contribution is 2.32. The Balaban J connectivity index is 1.47. The quantitative estimate of drug-likeness (QED) is 0.763. The maximum absolute atomic E-state index is 13.0. The Morgan fingerprint density at radius 1 is 1.23 bits per heavy atom. The fraction of sp³-hybridized carbons (Fsp3) is 0.714. The van der Waals surface area contributed by atoms with Gasteiger partial charge in [-0.05, 0) is 43.0 Å². The summed E-state index contributed by atoms with van der Waals surface area (Å²) in [6.45, 7) is 3.73. The summed E-state index contributed by atoms with van der Waals surface area (Å²) in [5, 5.41) is 6.93. The van der Waals surface area contributed by atoms with Crippen LogP contribution in [0.5, 0.6) is 0 Å². The molecular weight excluding hydrogens is 344 g/mol. The Kier molecular flexibility index (Phi) is 7.12. The molecule has 1 saturated heterocycles. The average Bonchev–Trinajstić information content (AvgIpc) is 3.35. The van der Waals surface area contributed by atoms with Crippen molar-refractivity contribution in [1.82, 2.24) is 10.2 Å². The van der Waals surface area contributed by atoms with Crippen LogP contribution in [0, 0.1) is 11.8 Å². The van der Waals surface area contributed by atoms with E-state index in [1.165, 1.54) is 25.7 Å². The maximum Gasteiger partial charge on any atom is 0.252 e. The first kappa shape index (κ1) is 19.4. The van der Waals surface area contributed by atoms with Gasteiger partial charge in [0, 0.05) is 36.0 Å². The third-order valence-corrected chi connectivity index (χ3v) is 6.69. The predicted octanol–water partition coefficient (Wildman–Crippen LogP) is 4.47. The SMILES string of the molecule is CCC[C@@H](CC1CCCC1)C(=O)N1CCC(NC(=O)c2ccsc2)CC1. The number of likely N-dealkylation sites (tertiary alicyclic amines) is 1. The zero-order chi connectivity index (χ0) is 18.4. The molecule has 2 aliphatic rings. The van der Waals surface area contributed by atoms with Crippen molar-refractivity contribution in [3.63, 3.8) is 0 Å². The number of hydrogen-bond acceptors (Lipinski definition) is 3. The summed E-state index contributed by atoms with van der Waals surface area (Å²) in [6.07, 6.45) is 10.2. The second-order valence-electron chi connectivity index (χ2n) is 7.96. The minimum absolute atomic E-state index is 0.0149. The van der Waals surface area contributed by atoms with Gasteiger partial charge >= 0.3 is 0 Å². The third kappa shape index (κ3) is 5.09. The second kappa shape index (κ2) is 9.54. The van der Waals surface area contributed by atoms with Crippen molar-refractivity contribution in [1.29, 1.82) is 0 Å². The minimum atomic E-state index is 0.0149. The number of thiophene rings is 1. The molecule has 4 nitrogen and oxygen atoms in total. The molecule has 1 aromatic rings. The summed E-state index contributed by atoms with van der Waals surface area (Å²) in [4.78, 5) is 27.3. The van der Waals surface area contributed by atoms with Gasteiger partial charge in [-0.1, -0.05) is 39.0 Å². The highest BCUT2D eigenvalue weighted by molar-refractivity contribution is 7.08. The van der Waals surface area contributed by atoms with Gasteiger partial charge in [0.05, 0.1) is 0 Å². The van der Waals surface area contributed by atoms with Crippen LogP contribution in [0.3, 0.4) is 0 Å². The van der Waals surface area contributed by atoms with Crippen LogP contribution in [-0.4, -0.2) is 35.8 Å². The van der Waals surface area contributed by atoms with E-state index in [-0.39, 0.29) is 17.9 Å². The monoisotopic (exact) mass is 376 g/mol. The zero-order valence-corrected chi connectivity index (χ0v) is 16.7. The van der Waals surface area contributed by atoms with Gasteiger partial charge < -0.3 is 10.2 Å². The normalized spacial score (nSPS) is 20.3. The van der Waals surface area contributed by atoms with Gasteiger partial charge in [0.15, 0.2) is 0 Å². The molecule has 0 spiro atoms. The number of piperidine rings is 1. The molecule has 1 aliphatic heterocycles. The molecule has 1 aliphatic carbocycles. The van der Waals surface area contributed by atoms with Crippen LogP contribution in [0.1, 0.15) is 75.1 Å². The lowest BCUT2D eigenvalue weighted by Crippen LogP contribution is -2.48. The Morgan fingerprint density at radius 3 is 2.58 bits per heavy atom. The van der Waals surface area contributed by atoms with Crippen molar-refractivity contribution in [2.75, 3.05) is 13.1 Å². The molecule has 1 aromatic heterocycles. The van der Waals surface area contributed by atoms with Gasteiger partial charge in [0.25, 0.3) is 5.91 Å². The second-order valence-corrected chi connectivity index (χ2v) is 8.74. The topological polar surface area (TPSA) is 49.4 Å². The zero-order valence-electron chi connectivity index (χ0n) is 15.9. The fourth-order valence-electron chi connectivity index (χ4n) is 4.50. The molecule has 5 heteroatoms. The standard InChI is InChI=1S/C21H32N2O2S/c1-2-5-17(14-16-6-3-4-7-16)21(25)23-11-8-19(9-12-23)22-20(24)18-10-13-26-15-18/h10,13,15-17,19H,2-9,11-12,14H2,1H3,(H,22,24)/t17-/m0/s1. The summed E-state index contributed by atoms with van der Waals surface area (Å²) in [5.41, 5.74) is 0.744. The molecule has 1 saturated carbocycles. The lowest BCUT2D eigenvalue weighted by molar-refractivity contribution is -0.137. The molecule has 26 heavy (non-hydrogen) atoms. The van der Waals surface area contributed by atoms with Crippen molar-refractivity contribution in [2.45, 2.75) is 70.8 Å². The molecule has 144 valence electrons. The Labute approximate surface area is 161 Å². The van der Waals surface area contributed by atoms with Crippen LogP contribution in [0.25, 0.3) is 0 Å². The van der Waals surface area contributed by atoms with Crippen LogP contribution in [-0.2, 0) is 4.79 Å². The number of carbonyl (C=O) groups excluding carboxylic acids is 2. The lowest BCUT2D eigenvalue weighted by Gasteiger charge is -2.35.